The average molecular weight is 196 g/mol. The summed E-state index contributed by atoms with van der Waals surface area (Å²) in [6.07, 6.45) is 0.860. The Labute approximate surface area is 83.2 Å². The van der Waals surface area contributed by atoms with Gasteiger partial charge in [-0.2, -0.15) is 0 Å². The number of methoxy groups -OCH3 is 1. The van der Waals surface area contributed by atoms with Crippen LogP contribution in [-0.2, 0) is 9.53 Å². The zero-order valence-electron chi connectivity index (χ0n) is 8.32. The SMILES string of the molecule is BC(=O)N1CC2CC1[C@H](C(=O)OC)N2. The number of carbonyl (C=O) groups is 2. The first-order chi connectivity index (χ1) is 6.63. The Bertz CT molecular complexity index is 284. The molecule has 2 fully saturated rings. The van der Waals surface area contributed by atoms with Crippen molar-refractivity contribution in [2.75, 3.05) is 13.7 Å². The molecule has 1 N–H and O–H groups in total. The number of hydrogen-bond acceptors (Lipinski definition) is 4. The summed E-state index contributed by atoms with van der Waals surface area (Å²) in [6.45, 7) is 0.716. The Balaban J connectivity index is 2.11. The third-order valence-electron chi connectivity index (χ3n) is 3.00. The number of ether oxygens (including phenoxy) is 1. The van der Waals surface area contributed by atoms with Crippen molar-refractivity contribution in [1.82, 2.24) is 10.2 Å². The minimum absolute atomic E-state index is 0.00931. The van der Waals surface area contributed by atoms with Gasteiger partial charge in [-0.15, -0.1) is 0 Å². The molecule has 14 heavy (non-hydrogen) atoms. The number of likely N-dealkylation sites (tertiary alicyclic amines) is 1. The second kappa shape index (κ2) is 3.27. The normalized spacial score (nSPS) is 34.6. The van der Waals surface area contributed by atoms with E-state index in [1.807, 2.05) is 0 Å². The maximum atomic E-state index is 11.3. The van der Waals surface area contributed by atoms with Crippen molar-refractivity contribution >= 4 is 19.6 Å². The fourth-order valence-electron chi connectivity index (χ4n) is 2.38. The maximum absolute atomic E-state index is 11.3. The summed E-state index contributed by atoms with van der Waals surface area (Å²) in [6, 6.07) is -0.0828. The minimum Gasteiger partial charge on any atom is -0.468 e. The van der Waals surface area contributed by atoms with E-state index in [4.69, 9.17) is 0 Å². The third-order valence-corrected chi connectivity index (χ3v) is 3.00. The van der Waals surface area contributed by atoms with Gasteiger partial charge in [-0.05, 0) is 6.42 Å². The van der Waals surface area contributed by atoms with Crippen LogP contribution in [0.4, 0.5) is 4.79 Å². The number of carbonyl (C=O) groups excluding carboxylic acids is 2. The van der Waals surface area contributed by atoms with Crippen molar-refractivity contribution < 1.29 is 14.3 Å². The van der Waals surface area contributed by atoms with E-state index >= 15 is 0 Å². The highest BCUT2D eigenvalue weighted by Crippen LogP contribution is 2.28. The van der Waals surface area contributed by atoms with Gasteiger partial charge in [0.05, 0.1) is 13.2 Å². The number of fused-ring (bicyclic) bond motifs is 2. The molecule has 0 radical (unpaired) electrons. The van der Waals surface area contributed by atoms with Gasteiger partial charge in [0.25, 0.3) is 0 Å². The van der Waals surface area contributed by atoms with Gasteiger partial charge >= 0.3 is 5.97 Å². The van der Waals surface area contributed by atoms with E-state index in [9.17, 15) is 9.59 Å². The number of hydrogen-bond donors (Lipinski definition) is 1. The van der Waals surface area contributed by atoms with E-state index < -0.39 is 0 Å². The molecule has 0 saturated carbocycles. The lowest BCUT2D eigenvalue weighted by Gasteiger charge is -2.31. The third kappa shape index (κ3) is 1.30. The molecular weight excluding hydrogens is 183 g/mol. The number of rotatable bonds is 1. The summed E-state index contributed by atoms with van der Waals surface area (Å²) in [5.41, 5.74) is 0. The van der Waals surface area contributed by atoms with Crippen LogP contribution in [0.1, 0.15) is 6.42 Å². The molecule has 2 bridgehead atoms. The second-order valence-electron chi connectivity index (χ2n) is 3.84. The summed E-state index contributed by atoms with van der Waals surface area (Å²) >= 11 is 0. The Hall–Kier alpha value is -1.04. The first kappa shape index (κ1) is 9.52. The van der Waals surface area contributed by atoms with E-state index in [0.29, 0.717) is 6.54 Å². The van der Waals surface area contributed by atoms with Gasteiger partial charge in [0.2, 0.25) is 7.85 Å². The Kier molecular flexibility index (Phi) is 2.22. The molecule has 2 saturated heterocycles. The molecule has 76 valence electrons. The van der Waals surface area contributed by atoms with Gasteiger partial charge in [-0.1, -0.05) is 0 Å². The zero-order valence-corrected chi connectivity index (χ0v) is 8.32. The molecule has 2 aliphatic rings. The number of nitrogens with zero attached hydrogens (tertiary/aromatic N) is 1. The van der Waals surface area contributed by atoms with E-state index in [1.165, 1.54) is 15.0 Å². The molecule has 1 amide bonds. The Morgan fingerprint density at radius 2 is 2.29 bits per heavy atom. The molecule has 3 atom stereocenters. The number of piperazine rings is 1. The fraction of sp³-hybridized carbons (Fsp3) is 0.750. The number of amides is 1. The van der Waals surface area contributed by atoms with Crippen molar-refractivity contribution in [3.63, 3.8) is 0 Å². The summed E-state index contributed by atoms with van der Waals surface area (Å²) in [5.74, 6) is -0.239. The second-order valence-corrected chi connectivity index (χ2v) is 3.84. The number of esters is 1. The van der Waals surface area contributed by atoms with E-state index in [-0.39, 0.29) is 29.9 Å². The standard InChI is InChI=1S/C8H13BN2O3/c1-14-7(12)6-5-2-4(10-6)3-11(5)8(9)13/h4-6,10H,2-3,9H2,1H3/t4?,5?,6-/m1/s1. The first-order valence-electron chi connectivity index (χ1n) is 4.74. The lowest BCUT2D eigenvalue weighted by Crippen LogP contribution is -2.56. The Morgan fingerprint density at radius 3 is 2.79 bits per heavy atom. The van der Waals surface area contributed by atoms with Crippen LogP contribution in [0.5, 0.6) is 0 Å². The largest absolute Gasteiger partial charge is 0.468 e. The number of nitrogens with one attached hydrogen (secondary N) is 1. The monoisotopic (exact) mass is 196 g/mol. The molecule has 6 heteroatoms. The molecule has 2 aliphatic heterocycles. The van der Waals surface area contributed by atoms with Crippen LogP contribution in [0, 0.1) is 0 Å². The quantitative estimate of drug-likeness (QED) is 0.402. The lowest BCUT2D eigenvalue weighted by molar-refractivity contribution is -0.144. The van der Waals surface area contributed by atoms with Crippen LogP contribution in [-0.4, -0.2) is 56.3 Å². The topological polar surface area (TPSA) is 58.6 Å². The molecule has 5 nitrogen and oxygen atoms in total. The molecule has 2 rings (SSSR count). The molecule has 0 spiro atoms. The predicted octanol–water partition coefficient (Wildman–Crippen LogP) is -1.67. The highest BCUT2D eigenvalue weighted by Gasteiger charge is 2.48. The fourth-order valence-corrected chi connectivity index (χ4v) is 2.38. The molecule has 2 heterocycles. The van der Waals surface area contributed by atoms with Crippen molar-refractivity contribution in [2.45, 2.75) is 24.5 Å². The first-order valence-corrected chi connectivity index (χ1v) is 4.74. The van der Waals surface area contributed by atoms with Gasteiger partial charge < -0.3 is 9.64 Å². The van der Waals surface area contributed by atoms with Crippen LogP contribution >= 0.6 is 0 Å². The molecule has 0 aromatic heterocycles. The Morgan fingerprint density at radius 1 is 1.57 bits per heavy atom. The summed E-state index contributed by atoms with van der Waals surface area (Å²) in [5, 5.41) is 3.16. The molecule has 2 unspecified atom stereocenters. The van der Waals surface area contributed by atoms with Gasteiger partial charge in [0.1, 0.15) is 6.04 Å². The molecule has 0 aromatic carbocycles. The van der Waals surface area contributed by atoms with E-state index in [2.05, 4.69) is 10.1 Å². The summed E-state index contributed by atoms with van der Waals surface area (Å²) in [7, 11) is 2.91. The molecule has 0 aromatic rings. The van der Waals surface area contributed by atoms with Crippen molar-refractivity contribution in [3.8, 4) is 0 Å². The van der Waals surface area contributed by atoms with Crippen LogP contribution in [0.15, 0.2) is 0 Å². The highest BCUT2D eigenvalue weighted by molar-refractivity contribution is 6.57. The van der Waals surface area contributed by atoms with E-state index in [0.717, 1.165) is 6.42 Å². The van der Waals surface area contributed by atoms with Crippen LogP contribution in [0.3, 0.4) is 0 Å². The van der Waals surface area contributed by atoms with Crippen LogP contribution < -0.4 is 5.32 Å². The van der Waals surface area contributed by atoms with Crippen LogP contribution in [0.25, 0.3) is 0 Å². The van der Waals surface area contributed by atoms with Crippen LogP contribution in [0.2, 0.25) is 0 Å². The van der Waals surface area contributed by atoms with Gasteiger partial charge in [0.15, 0.2) is 5.81 Å². The van der Waals surface area contributed by atoms with Gasteiger partial charge in [-0.25, -0.2) is 0 Å². The maximum Gasteiger partial charge on any atom is 0.325 e. The van der Waals surface area contributed by atoms with Crippen molar-refractivity contribution in [2.24, 2.45) is 0 Å². The smallest absolute Gasteiger partial charge is 0.325 e. The van der Waals surface area contributed by atoms with Gasteiger partial charge in [0, 0.05) is 12.6 Å². The van der Waals surface area contributed by atoms with Crippen molar-refractivity contribution in [1.29, 1.82) is 0 Å². The zero-order chi connectivity index (χ0) is 10.3. The molecular formula is C8H13BN2O3. The lowest BCUT2D eigenvalue weighted by atomic mass is 10.0. The minimum atomic E-state index is -0.331. The van der Waals surface area contributed by atoms with Crippen molar-refractivity contribution in [3.05, 3.63) is 0 Å². The summed E-state index contributed by atoms with van der Waals surface area (Å²) < 4.78 is 4.68. The van der Waals surface area contributed by atoms with E-state index in [1.54, 1.807) is 4.90 Å². The molecule has 0 aliphatic carbocycles. The average Bonchev–Trinajstić information content (AvgIpc) is 2.74. The summed E-state index contributed by atoms with van der Waals surface area (Å²) in [4.78, 5) is 24.3. The predicted molar refractivity (Wildman–Crippen MR) is 51.8 cm³/mol. The highest BCUT2D eigenvalue weighted by atomic mass is 16.5. The van der Waals surface area contributed by atoms with Gasteiger partial charge in [-0.3, -0.25) is 14.9 Å².